The summed E-state index contributed by atoms with van der Waals surface area (Å²) in [6, 6.07) is 4.83. The van der Waals surface area contributed by atoms with Gasteiger partial charge in [0.05, 0.1) is 10.7 Å². The van der Waals surface area contributed by atoms with Crippen molar-refractivity contribution in [1.82, 2.24) is 9.97 Å². The highest BCUT2D eigenvalue weighted by molar-refractivity contribution is 9.10. The first kappa shape index (κ1) is 15.2. The van der Waals surface area contributed by atoms with Gasteiger partial charge in [-0.15, -0.1) is 0 Å². The monoisotopic (exact) mass is 357 g/mol. The fourth-order valence-electron chi connectivity index (χ4n) is 1.66. The first-order valence-corrected chi connectivity index (χ1v) is 7.16. The summed E-state index contributed by atoms with van der Waals surface area (Å²) in [6.45, 7) is 5.91. The Bertz CT molecular complexity index is 668. The van der Waals surface area contributed by atoms with E-state index in [1.165, 1.54) is 6.07 Å². The van der Waals surface area contributed by atoms with Crippen LogP contribution >= 0.6 is 27.5 Å². The quantitative estimate of drug-likeness (QED) is 0.759. The van der Waals surface area contributed by atoms with Gasteiger partial charge in [0.1, 0.15) is 11.6 Å². The molecule has 106 valence electrons. The summed E-state index contributed by atoms with van der Waals surface area (Å²) in [5.41, 5.74) is 6.25. The van der Waals surface area contributed by atoms with E-state index in [4.69, 9.17) is 17.3 Å². The third-order valence-corrected chi connectivity index (χ3v) is 3.99. The normalized spacial score (nSPS) is 11.7. The number of halogens is 3. The zero-order chi connectivity index (χ0) is 15.1. The van der Waals surface area contributed by atoms with Crippen LogP contribution in [-0.2, 0) is 5.41 Å². The second kappa shape index (κ2) is 5.30. The molecule has 0 aliphatic heterocycles. The van der Waals surface area contributed by atoms with Crippen LogP contribution in [0.3, 0.4) is 0 Å². The molecule has 0 atom stereocenters. The van der Waals surface area contributed by atoms with Crippen molar-refractivity contribution in [2.75, 3.05) is 5.73 Å². The Kier molecular flexibility index (Phi) is 4.02. The molecular formula is C14H14BrClFN3. The number of benzene rings is 1. The Morgan fingerprint density at radius 1 is 1.25 bits per heavy atom. The van der Waals surface area contributed by atoms with Crippen LogP contribution in [0.2, 0.25) is 5.02 Å². The van der Waals surface area contributed by atoms with E-state index in [0.29, 0.717) is 27.4 Å². The third-order valence-electron chi connectivity index (χ3n) is 2.73. The Morgan fingerprint density at radius 2 is 1.90 bits per heavy atom. The van der Waals surface area contributed by atoms with Crippen molar-refractivity contribution < 1.29 is 4.39 Å². The molecule has 2 N–H and O–H groups in total. The van der Waals surface area contributed by atoms with Crippen molar-refractivity contribution in [1.29, 1.82) is 0 Å². The molecule has 0 amide bonds. The van der Waals surface area contributed by atoms with Crippen LogP contribution in [0.15, 0.2) is 22.7 Å². The summed E-state index contributed by atoms with van der Waals surface area (Å²) in [5, 5.41) is 0.0250. The summed E-state index contributed by atoms with van der Waals surface area (Å²) in [4.78, 5) is 8.60. The molecule has 0 fully saturated rings. The molecule has 0 spiro atoms. The number of nitrogen functional groups attached to an aromatic ring is 1. The van der Waals surface area contributed by atoms with Gasteiger partial charge in [0, 0.05) is 21.5 Å². The molecule has 0 saturated heterocycles. The lowest BCUT2D eigenvalue weighted by atomic mass is 9.95. The number of nitrogens with two attached hydrogens (primary N) is 1. The summed E-state index contributed by atoms with van der Waals surface area (Å²) in [7, 11) is 0. The van der Waals surface area contributed by atoms with Crippen molar-refractivity contribution in [2.45, 2.75) is 26.2 Å². The molecule has 0 radical (unpaired) electrons. The molecule has 6 heteroatoms. The molecule has 1 aromatic carbocycles. The first-order valence-electron chi connectivity index (χ1n) is 5.99. The number of anilines is 1. The van der Waals surface area contributed by atoms with Gasteiger partial charge in [-0.05, 0) is 28.1 Å². The molecule has 0 saturated carbocycles. The SMILES string of the molecule is CC(C)(C)c1nc(N)cc(-c2ccc(Br)c(Cl)c2F)n1. The molecule has 0 bridgehead atoms. The average Bonchev–Trinajstić information content (AvgIpc) is 2.34. The van der Waals surface area contributed by atoms with Gasteiger partial charge >= 0.3 is 0 Å². The second-order valence-corrected chi connectivity index (χ2v) is 6.71. The lowest BCUT2D eigenvalue weighted by Gasteiger charge is -2.18. The Hall–Kier alpha value is -1.20. The van der Waals surface area contributed by atoms with Crippen molar-refractivity contribution in [2.24, 2.45) is 0 Å². The van der Waals surface area contributed by atoms with Crippen LogP contribution in [0.5, 0.6) is 0 Å². The van der Waals surface area contributed by atoms with E-state index in [1.807, 2.05) is 20.8 Å². The summed E-state index contributed by atoms with van der Waals surface area (Å²) in [5.74, 6) is 0.336. The van der Waals surface area contributed by atoms with Crippen molar-refractivity contribution in [3.05, 3.63) is 39.3 Å². The standard InChI is InChI=1S/C14H14BrClFN3/c1-14(2,3)13-19-9(6-10(18)20-13)7-4-5-8(15)11(16)12(7)17/h4-6H,1-3H3,(H2,18,19,20). The molecule has 2 rings (SSSR count). The number of hydrogen-bond acceptors (Lipinski definition) is 3. The van der Waals surface area contributed by atoms with Gasteiger partial charge in [-0.3, -0.25) is 0 Å². The maximum Gasteiger partial charge on any atom is 0.152 e. The molecule has 1 heterocycles. The van der Waals surface area contributed by atoms with Gasteiger partial charge in [-0.25, -0.2) is 14.4 Å². The van der Waals surface area contributed by atoms with Crippen LogP contribution < -0.4 is 5.73 Å². The summed E-state index contributed by atoms with van der Waals surface area (Å²) < 4.78 is 14.7. The van der Waals surface area contributed by atoms with E-state index in [-0.39, 0.29) is 10.4 Å². The minimum atomic E-state index is -0.529. The third kappa shape index (κ3) is 2.94. The Morgan fingerprint density at radius 3 is 2.50 bits per heavy atom. The molecule has 3 nitrogen and oxygen atoms in total. The van der Waals surface area contributed by atoms with Crippen molar-refractivity contribution in [3.63, 3.8) is 0 Å². The fourth-order valence-corrected chi connectivity index (χ4v) is 2.13. The predicted octanol–water partition coefficient (Wildman–Crippen LogP) is 4.58. The highest BCUT2D eigenvalue weighted by Gasteiger charge is 2.20. The Balaban J connectivity index is 2.65. The largest absolute Gasteiger partial charge is 0.384 e. The van der Waals surface area contributed by atoms with E-state index >= 15 is 0 Å². The number of hydrogen-bond donors (Lipinski definition) is 1. The molecule has 1 aromatic heterocycles. The van der Waals surface area contributed by atoms with Gasteiger partial charge in [-0.2, -0.15) is 0 Å². The lowest BCUT2D eigenvalue weighted by molar-refractivity contribution is 0.546. The van der Waals surface area contributed by atoms with E-state index in [9.17, 15) is 4.39 Å². The molecular weight excluding hydrogens is 345 g/mol. The van der Waals surface area contributed by atoms with Crippen molar-refractivity contribution in [3.8, 4) is 11.3 Å². The van der Waals surface area contributed by atoms with Crippen molar-refractivity contribution >= 4 is 33.3 Å². The maximum atomic E-state index is 14.2. The van der Waals surface area contributed by atoms with Gasteiger partial charge in [0.25, 0.3) is 0 Å². The van der Waals surface area contributed by atoms with Crippen LogP contribution in [-0.4, -0.2) is 9.97 Å². The van der Waals surface area contributed by atoms with Crippen LogP contribution in [0, 0.1) is 5.82 Å². The number of aromatic nitrogens is 2. The first-order chi connectivity index (χ1) is 9.20. The number of nitrogens with zero attached hydrogens (tertiary/aromatic N) is 2. The van der Waals surface area contributed by atoms with E-state index in [0.717, 1.165) is 0 Å². The minimum Gasteiger partial charge on any atom is -0.384 e. The predicted molar refractivity (Wildman–Crippen MR) is 83.2 cm³/mol. The highest BCUT2D eigenvalue weighted by Crippen LogP contribution is 2.33. The highest BCUT2D eigenvalue weighted by atomic mass is 79.9. The molecule has 20 heavy (non-hydrogen) atoms. The topological polar surface area (TPSA) is 51.8 Å². The fraction of sp³-hybridized carbons (Fsp3) is 0.286. The molecule has 2 aromatic rings. The smallest absolute Gasteiger partial charge is 0.152 e. The second-order valence-electron chi connectivity index (χ2n) is 5.47. The minimum absolute atomic E-state index is 0.0250. The van der Waals surface area contributed by atoms with Crippen LogP contribution in [0.1, 0.15) is 26.6 Å². The molecule has 0 aliphatic rings. The summed E-state index contributed by atoms with van der Waals surface area (Å²) >= 11 is 9.09. The van der Waals surface area contributed by atoms with E-state index < -0.39 is 5.82 Å². The summed E-state index contributed by atoms with van der Waals surface area (Å²) in [6.07, 6.45) is 0. The van der Waals surface area contributed by atoms with Gasteiger partial charge in [0.2, 0.25) is 0 Å². The lowest BCUT2D eigenvalue weighted by Crippen LogP contribution is -2.17. The van der Waals surface area contributed by atoms with Gasteiger partial charge < -0.3 is 5.73 Å². The average molecular weight is 359 g/mol. The Labute approximate surface area is 130 Å². The van der Waals surface area contributed by atoms with Crippen LogP contribution in [0.25, 0.3) is 11.3 Å². The van der Waals surface area contributed by atoms with E-state index in [2.05, 4.69) is 25.9 Å². The van der Waals surface area contributed by atoms with Gasteiger partial charge in [0.15, 0.2) is 5.82 Å². The number of rotatable bonds is 1. The maximum absolute atomic E-state index is 14.2. The zero-order valence-corrected chi connectivity index (χ0v) is 13.7. The molecule has 0 unspecified atom stereocenters. The van der Waals surface area contributed by atoms with E-state index in [1.54, 1.807) is 12.1 Å². The molecule has 0 aliphatic carbocycles. The zero-order valence-electron chi connectivity index (χ0n) is 11.3. The van der Waals surface area contributed by atoms with Crippen LogP contribution in [0.4, 0.5) is 10.2 Å². The van der Waals surface area contributed by atoms with Gasteiger partial charge in [-0.1, -0.05) is 32.4 Å².